The van der Waals surface area contributed by atoms with Gasteiger partial charge in [-0.15, -0.1) is 0 Å². The molecule has 1 aliphatic heterocycles. The Morgan fingerprint density at radius 3 is 2.67 bits per heavy atom. The third-order valence-electron chi connectivity index (χ3n) is 2.48. The van der Waals surface area contributed by atoms with Gasteiger partial charge in [-0.1, -0.05) is 6.92 Å². The number of hydrogen-bond donors (Lipinski definition) is 0. The van der Waals surface area contributed by atoms with Crippen LogP contribution in [0.1, 0.15) is 32.6 Å². The first-order valence-corrected chi connectivity index (χ1v) is 4.41. The van der Waals surface area contributed by atoms with Gasteiger partial charge < -0.3 is 0 Å². The summed E-state index contributed by atoms with van der Waals surface area (Å²) in [4.78, 5) is 1.66. The maximum Gasteiger partial charge on any atom is 0.180 e. The second-order valence-electron chi connectivity index (χ2n) is 3.15. The van der Waals surface area contributed by atoms with Crippen molar-refractivity contribution in [2.45, 2.75) is 44.7 Å². The Kier molecular flexibility index (Phi) is 2.94. The summed E-state index contributed by atoms with van der Waals surface area (Å²) in [6.45, 7) is 2.06. The molecule has 0 aliphatic carbocycles. The number of nitriles is 2. The Morgan fingerprint density at radius 2 is 2.17 bits per heavy atom. The third-order valence-corrected chi connectivity index (χ3v) is 2.48. The Morgan fingerprint density at radius 1 is 1.42 bits per heavy atom. The Labute approximate surface area is 73.2 Å². The molecule has 0 spiro atoms. The molecule has 1 aliphatic rings. The highest BCUT2D eigenvalue weighted by Gasteiger charge is 2.28. The third kappa shape index (κ3) is 1.51. The van der Waals surface area contributed by atoms with Crippen LogP contribution in [0.2, 0.25) is 0 Å². The second kappa shape index (κ2) is 3.97. The van der Waals surface area contributed by atoms with Gasteiger partial charge in [0.2, 0.25) is 0 Å². The molecular weight excluding hydrogens is 150 g/mol. The van der Waals surface area contributed by atoms with Crippen LogP contribution in [-0.4, -0.2) is 17.0 Å². The Hall–Kier alpha value is -1.22. The van der Waals surface area contributed by atoms with E-state index >= 15 is 0 Å². The molecule has 0 N–H and O–H groups in total. The molecule has 1 saturated heterocycles. The van der Waals surface area contributed by atoms with Gasteiger partial charge in [-0.25, -0.2) is 0 Å². The quantitative estimate of drug-likeness (QED) is 0.552. The summed E-state index contributed by atoms with van der Waals surface area (Å²) < 4.78 is 0. The number of hydrogen-bond acceptors (Lipinski definition) is 3. The molecule has 64 valence electrons. The predicted octanol–water partition coefficient (Wildman–Crippen LogP) is 1.62. The van der Waals surface area contributed by atoms with Crippen LogP contribution in [0, 0.1) is 22.8 Å². The van der Waals surface area contributed by atoms with Crippen molar-refractivity contribution in [3.8, 4) is 12.3 Å². The molecule has 1 heterocycles. The molecule has 0 aromatic rings. The maximum atomic E-state index is 8.82. The zero-order valence-corrected chi connectivity index (χ0v) is 7.32. The standard InChI is InChI=1S/C9H13N3/c1-2-8-4-3-5-9(6-10)12(8)7-11/h8-9H,2-5H2,1H3. The fraction of sp³-hybridized carbons (Fsp3) is 0.778. The summed E-state index contributed by atoms with van der Waals surface area (Å²) >= 11 is 0. The average Bonchev–Trinajstić information content (AvgIpc) is 2.16. The van der Waals surface area contributed by atoms with Gasteiger partial charge in [0.05, 0.1) is 6.07 Å². The molecule has 12 heavy (non-hydrogen) atoms. The summed E-state index contributed by atoms with van der Waals surface area (Å²) in [5.74, 6) is 0. The Bertz CT molecular complexity index is 223. The fourth-order valence-corrected chi connectivity index (χ4v) is 1.76. The van der Waals surface area contributed by atoms with Gasteiger partial charge in [0, 0.05) is 6.04 Å². The molecule has 0 aromatic carbocycles. The van der Waals surface area contributed by atoms with E-state index < -0.39 is 0 Å². The minimum Gasteiger partial charge on any atom is -0.291 e. The van der Waals surface area contributed by atoms with Crippen LogP contribution < -0.4 is 0 Å². The van der Waals surface area contributed by atoms with Crippen molar-refractivity contribution in [3.05, 3.63) is 0 Å². The monoisotopic (exact) mass is 163 g/mol. The van der Waals surface area contributed by atoms with Crippen molar-refractivity contribution in [3.63, 3.8) is 0 Å². The van der Waals surface area contributed by atoms with Crippen LogP contribution in [0.5, 0.6) is 0 Å². The molecule has 1 fully saturated rings. The van der Waals surface area contributed by atoms with Crippen LogP contribution in [0.3, 0.4) is 0 Å². The number of nitrogens with zero attached hydrogens (tertiary/aromatic N) is 3. The first-order chi connectivity index (χ1) is 5.83. The lowest BCUT2D eigenvalue weighted by Crippen LogP contribution is -2.42. The zero-order valence-electron chi connectivity index (χ0n) is 7.32. The van der Waals surface area contributed by atoms with E-state index in [0.717, 1.165) is 25.7 Å². The molecule has 1 rings (SSSR count). The molecule has 3 nitrogen and oxygen atoms in total. The molecule has 0 saturated carbocycles. The van der Waals surface area contributed by atoms with Crippen LogP contribution in [0.25, 0.3) is 0 Å². The van der Waals surface area contributed by atoms with E-state index in [1.165, 1.54) is 0 Å². The minimum absolute atomic E-state index is 0.173. The lowest BCUT2D eigenvalue weighted by Gasteiger charge is -2.34. The van der Waals surface area contributed by atoms with E-state index in [-0.39, 0.29) is 6.04 Å². The SMILES string of the molecule is CCC1CCCC(C#N)N1C#N. The van der Waals surface area contributed by atoms with Gasteiger partial charge in [0.1, 0.15) is 6.04 Å². The summed E-state index contributed by atoms with van der Waals surface area (Å²) in [5.41, 5.74) is 0. The van der Waals surface area contributed by atoms with E-state index in [4.69, 9.17) is 10.5 Å². The summed E-state index contributed by atoms with van der Waals surface area (Å²) in [7, 11) is 0. The first kappa shape index (κ1) is 8.87. The maximum absolute atomic E-state index is 8.82. The first-order valence-electron chi connectivity index (χ1n) is 4.41. The van der Waals surface area contributed by atoms with Crippen LogP contribution in [-0.2, 0) is 0 Å². The molecule has 2 atom stereocenters. The van der Waals surface area contributed by atoms with Gasteiger partial charge in [-0.2, -0.15) is 10.5 Å². The van der Waals surface area contributed by atoms with Crippen molar-refractivity contribution in [2.75, 3.05) is 0 Å². The normalized spacial score (nSPS) is 29.1. The lowest BCUT2D eigenvalue weighted by molar-refractivity contribution is 0.179. The highest BCUT2D eigenvalue weighted by molar-refractivity contribution is 5.02. The molecule has 0 aromatic heterocycles. The van der Waals surface area contributed by atoms with Crippen molar-refractivity contribution in [2.24, 2.45) is 0 Å². The fourth-order valence-electron chi connectivity index (χ4n) is 1.76. The molecular formula is C9H13N3. The molecule has 3 heteroatoms. The summed E-state index contributed by atoms with van der Waals surface area (Å²) in [5, 5.41) is 17.6. The van der Waals surface area contributed by atoms with Crippen molar-refractivity contribution < 1.29 is 0 Å². The van der Waals surface area contributed by atoms with Crippen LogP contribution in [0.15, 0.2) is 0 Å². The average molecular weight is 163 g/mol. The van der Waals surface area contributed by atoms with Crippen molar-refractivity contribution in [1.29, 1.82) is 10.5 Å². The van der Waals surface area contributed by atoms with Gasteiger partial charge in [-0.05, 0) is 25.7 Å². The zero-order chi connectivity index (χ0) is 8.97. The van der Waals surface area contributed by atoms with Crippen molar-refractivity contribution >= 4 is 0 Å². The smallest absolute Gasteiger partial charge is 0.180 e. The summed E-state index contributed by atoms with van der Waals surface area (Å²) in [6, 6.07) is 2.30. The topological polar surface area (TPSA) is 50.8 Å². The predicted molar refractivity (Wildman–Crippen MR) is 44.8 cm³/mol. The summed E-state index contributed by atoms with van der Waals surface area (Å²) in [6.07, 6.45) is 6.06. The molecule has 2 unspecified atom stereocenters. The van der Waals surface area contributed by atoms with E-state index in [0.29, 0.717) is 6.04 Å². The van der Waals surface area contributed by atoms with E-state index in [2.05, 4.69) is 19.2 Å². The molecule has 0 bridgehead atoms. The number of piperidine rings is 1. The van der Waals surface area contributed by atoms with Gasteiger partial charge in [0.25, 0.3) is 0 Å². The van der Waals surface area contributed by atoms with Gasteiger partial charge >= 0.3 is 0 Å². The number of likely N-dealkylation sites (tertiary alicyclic amines) is 1. The van der Waals surface area contributed by atoms with E-state index in [9.17, 15) is 0 Å². The Balaban J connectivity index is 2.69. The molecule has 0 radical (unpaired) electrons. The molecule has 0 amide bonds. The van der Waals surface area contributed by atoms with Crippen LogP contribution >= 0.6 is 0 Å². The minimum atomic E-state index is -0.173. The highest BCUT2D eigenvalue weighted by Crippen LogP contribution is 2.23. The van der Waals surface area contributed by atoms with Gasteiger partial charge in [0.15, 0.2) is 6.19 Å². The highest BCUT2D eigenvalue weighted by atomic mass is 15.2. The van der Waals surface area contributed by atoms with Crippen LogP contribution in [0.4, 0.5) is 0 Å². The second-order valence-corrected chi connectivity index (χ2v) is 3.15. The van der Waals surface area contributed by atoms with Crippen molar-refractivity contribution in [1.82, 2.24) is 4.90 Å². The number of rotatable bonds is 1. The van der Waals surface area contributed by atoms with E-state index in [1.807, 2.05) is 0 Å². The van der Waals surface area contributed by atoms with E-state index in [1.54, 1.807) is 4.90 Å². The lowest BCUT2D eigenvalue weighted by atomic mass is 9.95. The largest absolute Gasteiger partial charge is 0.291 e. The van der Waals surface area contributed by atoms with Gasteiger partial charge in [-0.3, -0.25) is 4.90 Å².